The van der Waals surface area contributed by atoms with Crippen molar-refractivity contribution in [2.45, 2.75) is 64.3 Å². The Bertz CT molecular complexity index is 1890. The third-order valence-electron chi connectivity index (χ3n) is 7.52. The largest absolute Gasteiger partial charge is 0.392 e. The van der Waals surface area contributed by atoms with Gasteiger partial charge in [-0.3, -0.25) is 23.7 Å². The summed E-state index contributed by atoms with van der Waals surface area (Å²) in [4.78, 5) is 43.9. The molecule has 0 aliphatic rings. The van der Waals surface area contributed by atoms with Crippen LogP contribution in [0, 0.1) is 0 Å². The second-order valence-corrected chi connectivity index (χ2v) is 11.8. The van der Waals surface area contributed by atoms with E-state index < -0.39 is 5.91 Å². The minimum Gasteiger partial charge on any atom is -0.392 e. The van der Waals surface area contributed by atoms with Crippen LogP contribution in [-0.2, 0) is 56.5 Å². The number of nitrogens with zero attached hydrogens (tertiary/aromatic N) is 5. The van der Waals surface area contributed by atoms with Crippen LogP contribution in [0.4, 0.5) is 5.69 Å². The number of halogens is 1. The second kappa shape index (κ2) is 16.3. The standard InChI is InChI=1S/C17H21BrN4O2.C17H20N4O2/c1-3-4-13-15(16(17(19)24)22(2)21-13)20-14(23)9-11-5-7-12(10-18)8-6-11;1-3-4-13-15-16(21(2)20-13)17(23)19-14(18-15)9-11-5-7-12(10-22)8-6-11/h5-8H,3-4,9-10H2,1-2H3,(H2,19,24)(H,20,23);5-8,22H,3-4,9-10H2,1-2H3,(H,18,19,23). The fourth-order valence-electron chi connectivity index (χ4n) is 5.26. The van der Waals surface area contributed by atoms with Crippen LogP contribution in [0.25, 0.3) is 11.0 Å². The molecule has 5 rings (SSSR count). The third-order valence-corrected chi connectivity index (χ3v) is 8.17. The Balaban J connectivity index is 0.000000213. The number of hydrogen-bond acceptors (Lipinski definition) is 7. The van der Waals surface area contributed by atoms with E-state index in [9.17, 15) is 14.4 Å². The first-order valence-corrected chi connectivity index (χ1v) is 16.6. The summed E-state index contributed by atoms with van der Waals surface area (Å²) in [5.41, 5.74) is 12.6. The van der Waals surface area contributed by atoms with Gasteiger partial charge in [0, 0.05) is 25.8 Å². The van der Waals surface area contributed by atoms with Crippen molar-refractivity contribution < 1.29 is 14.7 Å². The average Bonchev–Trinajstić information content (AvgIpc) is 3.53. The van der Waals surface area contributed by atoms with E-state index >= 15 is 0 Å². The van der Waals surface area contributed by atoms with E-state index in [0.717, 1.165) is 52.5 Å². The number of alkyl halides is 1. The second-order valence-electron chi connectivity index (χ2n) is 11.3. The van der Waals surface area contributed by atoms with Crippen LogP contribution in [0.3, 0.4) is 0 Å². The predicted octanol–water partition coefficient (Wildman–Crippen LogP) is 4.24. The van der Waals surface area contributed by atoms with E-state index in [4.69, 9.17) is 10.8 Å². The van der Waals surface area contributed by atoms with Gasteiger partial charge < -0.3 is 21.1 Å². The van der Waals surface area contributed by atoms with Gasteiger partial charge in [-0.15, -0.1) is 0 Å². The summed E-state index contributed by atoms with van der Waals surface area (Å²) in [6, 6.07) is 15.4. The Hall–Kier alpha value is -4.62. The number of aromatic nitrogens is 6. The maximum Gasteiger partial charge on any atom is 0.277 e. The van der Waals surface area contributed by atoms with Crippen LogP contribution in [0.2, 0.25) is 0 Å². The van der Waals surface area contributed by atoms with Crippen LogP contribution < -0.4 is 16.6 Å². The van der Waals surface area contributed by atoms with Crippen LogP contribution in [0.1, 0.15) is 76.6 Å². The van der Waals surface area contributed by atoms with Crippen LogP contribution in [0.15, 0.2) is 53.3 Å². The van der Waals surface area contributed by atoms with Crippen molar-refractivity contribution in [2.75, 3.05) is 5.32 Å². The van der Waals surface area contributed by atoms with Gasteiger partial charge >= 0.3 is 0 Å². The zero-order valence-corrected chi connectivity index (χ0v) is 28.7. The number of carbonyl (C=O) groups excluding carboxylic acids is 2. The number of fused-ring (bicyclic) bond motifs is 1. The molecular weight excluding hydrogens is 664 g/mol. The van der Waals surface area contributed by atoms with E-state index in [-0.39, 0.29) is 30.2 Å². The molecule has 2 amide bonds. The molecule has 0 atom stereocenters. The Morgan fingerprint density at radius 3 is 2.06 bits per heavy atom. The molecule has 248 valence electrons. The minimum absolute atomic E-state index is 0.0252. The number of aryl methyl sites for hydroxylation is 4. The lowest BCUT2D eigenvalue weighted by molar-refractivity contribution is -0.115. The van der Waals surface area contributed by atoms with Gasteiger partial charge in [0.05, 0.1) is 30.1 Å². The number of rotatable bonds is 12. The highest BCUT2D eigenvalue weighted by molar-refractivity contribution is 9.08. The maximum atomic E-state index is 12.4. The zero-order valence-electron chi connectivity index (χ0n) is 27.1. The molecule has 0 unspecified atom stereocenters. The first kappa shape index (κ1) is 35.2. The van der Waals surface area contributed by atoms with E-state index in [0.29, 0.717) is 41.1 Å². The number of aromatic amines is 1. The minimum atomic E-state index is -0.607. The summed E-state index contributed by atoms with van der Waals surface area (Å²) in [7, 11) is 3.42. The molecule has 12 nitrogen and oxygen atoms in total. The Labute approximate surface area is 281 Å². The number of benzene rings is 2. The summed E-state index contributed by atoms with van der Waals surface area (Å²) >= 11 is 3.39. The lowest BCUT2D eigenvalue weighted by Gasteiger charge is -2.08. The smallest absolute Gasteiger partial charge is 0.277 e. The van der Waals surface area contributed by atoms with Crippen LogP contribution >= 0.6 is 15.9 Å². The van der Waals surface area contributed by atoms with Crippen LogP contribution in [-0.4, -0.2) is 46.4 Å². The maximum absolute atomic E-state index is 12.4. The number of anilines is 1. The molecular formula is C34H41BrN8O4. The van der Waals surface area contributed by atoms with Crippen molar-refractivity contribution >= 4 is 44.5 Å². The van der Waals surface area contributed by atoms with E-state index in [2.05, 4.69) is 48.3 Å². The van der Waals surface area contributed by atoms with Gasteiger partial charge in [0.2, 0.25) is 5.91 Å². The Kier molecular flexibility index (Phi) is 12.2. The number of H-pyrrole nitrogens is 1. The number of nitrogens with two attached hydrogens (primary N) is 1. The molecule has 3 aromatic heterocycles. The summed E-state index contributed by atoms with van der Waals surface area (Å²) in [6.07, 6.45) is 4.04. The van der Waals surface area contributed by atoms with E-state index in [1.54, 1.807) is 18.8 Å². The van der Waals surface area contributed by atoms with E-state index in [1.807, 2.05) is 55.5 Å². The predicted molar refractivity (Wildman–Crippen MR) is 185 cm³/mol. The average molecular weight is 706 g/mol. The van der Waals surface area contributed by atoms with Gasteiger partial charge in [0.1, 0.15) is 17.0 Å². The van der Waals surface area contributed by atoms with Gasteiger partial charge in [-0.25, -0.2) is 4.98 Å². The number of primary amides is 1. The monoisotopic (exact) mass is 704 g/mol. The summed E-state index contributed by atoms with van der Waals surface area (Å²) in [5.74, 6) is -0.177. The van der Waals surface area contributed by atoms with Gasteiger partial charge in [-0.1, -0.05) is 91.1 Å². The zero-order chi connectivity index (χ0) is 34.1. The summed E-state index contributed by atoms with van der Waals surface area (Å²) < 4.78 is 3.03. The Morgan fingerprint density at radius 1 is 0.894 bits per heavy atom. The lowest BCUT2D eigenvalue weighted by atomic mass is 10.1. The van der Waals surface area contributed by atoms with E-state index in [1.165, 1.54) is 4.68 Å². The van der Waals surface area contributed by atoms with Gasteiger partial charge in [0.25, 0.3) is 11.5 Å². The van der Waals surface area contributed by atoms with Crippen molar-refractivity contribution in [2.24, 2.45) is 19.8 Å². The van der Waals surface area contributed by atoms with Crippen molar-refractivity contribution in [3.8, 4) is 0 Å². The molecule has 0 aliphatic carbocycles. The quantitative estimate of drug-likeness (QED) is 0.141. The fraction of sp³-hybridized carbons (Fsp3) is 0.353. The fourth-order valence-corrected chi connectivity index (χ4v) is 5.63. The number of nitrogens with one attached hydrogen (secondary N) is 2. The summed E-state index contributed by atoms with van der Waals surface area (Å²) in [5, 5.41) is 21.4. The first-order valence-electron chi connectivity index (χ1n) is 15.5. The van der Waals surface area contributed by atoms with Gasteiger partial charge in [0.15, 0.2) is 5.52 Å². The molecule has 0 fully saturated rings. The van der Waals surface area contributed by atoms with Crippen molar-refractivity contribution in [1.82, 2.24) is 29.5 Å². The normalized spacial score (nSPS) is 10.9. The molecule has 0 bridgehead atoms. The number of amides is 2. The molecule has 0 saturated carbocycles. The highest BCUT2D eigenvalue weighted by Gasteiger charge is 2.21. The molecule has 13 heteroatoms. The number of aliphatic hydroxyl groups is 1. The number of aliphatic hydroxyl groups excluding tert-OH is 1. The topological polar surface area (TPSA) is 174 Å². The highest BCUT2D eigenvalue weighted by atomic mass is 79.9. The summed E-state index contributed by atoms with van der Waals surface area (Å²) in [6.45, 7) is 4.12. The van der Waals surface area contributed by atoms with Crippen molar-refractivity contribution in [3.05, 3.63) is 104 Å². The molecule has 2 aromatic carbocycles. The van der Waals surface area contributed by atoms with Crippen molar-refractivity contribution in [3.63, 3.8) is 0 Å². The third kappa shape index (κ3) is 8.80. The van der Waals surface area contributed by atoms with Crippen molar-refractivity contribution in [1.29, 1.82) is 0 Å². The number of carbonyl (C=O) groups is 2. The van der Waals surface area contributed by atoms with Crippen LogP contribution in [0.5, 0.6) is 0 Å². The van der Waals surface area contributed by atoms with Gasteiger partial charge in [-0.2, -0.15) is 10.2 Å². The molecule has 0 saturated heterocycles. The molecule has 0 spiro atoms. The van der Waals surface area contributed by atoms with Gasteiger partial charge in [-0.05, 0) is 35.1 Å². The lowest BCUT2D eigenvalue weighted by Crippen LogP contribution is -2.21. The molecule has 0 aliphatic heterocycles. The first-order chi connectivity index (χ1) is 22.6. The SMILES string of the molecule is CCCc1nn(C)c(C(N)=O)c1NC(=O)Cc1ccc(CBr)cc1.CCCc1nn(C)c2c(=O)[nH]c(Cc3ccc(CO)cc3)nc12. The molecule has 5 aromatic rings. The Morgan fingerprint density at radius 2 is 1.47 bits per heavy atom. The highest BCUT2D eigenvalue weighted by Crippen LogP contribution is 2.22. The molecule has 0 radical (unpaired) electrons. The number of hydrogen-bond donors (Lipinski definition) is 4. The molecule has 47 heavy (non-hydrogen) atoms. The molecule has 3 heterocycles. The molecule has 5 N–H and O–H groups in total.